The first kappa shape index (κ1) is 21.2. The minimum atomic E-state index is -0.811. The average Bonchev–Trinajstić information content (AvgIpc) is 3.58. The van der Waals surface area contributed by atoms with Crippen LogP contribution >= 0.6 is 11.8 Å². The number of aromatic nitrogens is 4. The Morgan fingerprint density at radius 2 is 2.00 bits per heavy atom. The predicted molar refractivity (Wildman–Crippen MR) is 124 cm³/mol. The lowest BCUT2D eigenvalue weighted by Crippen LogP contribution is -2.27. The lowest BCUT2D eigenvalue weighted by molar-refractivity contribution is -0.186. The number of aromatic amines is 1. The lowest BCUT2D eigenvalue weighted by Gasteiger charge is -2.23. The second-order valence-electron chi connectivity index (χ2n) is 7.86. The third-order valence-corrected chi connectivity index (χ3v) is 6.63. The molecule has 0 atom stereocenters. The minimum Gasteiger partial charge on any atom is -0.444 e. The smallest absolute Gasteiger partial charge is 0.255 e. The van der Waals surface area contributed by atoms with Crippen molar-refractivity contribution in [1.29, 1.82) is 0 Å². The highest BCUT2D eigenvalue weighted by atomic mass is 32.2. The largest absolute Gasteiger partial charge is 0.444 e. The zero-order valence-electron chi connectivity index (χ0n) is 18.0. The molecule has 1 N–H and O–H groups in total. The molecule has 1 aliphatic heterocycles. The third-order valence-electron chi connectivity index (χ3n) is 5.56. The van der Waals surface area contributed by atoms with Crippen molar-refractivity contribution >= 4 is 22.7 Å². The quantitative estimate of drug-likeness (QED) is 0.364. The van der Waals surface area contributed by atoms with E-state index in [0.29, 0.717) is 19.1 Å². The van der Waals surface area contributed by atoms with Crippen LogP contribution in [-0.4, -0.2) is 44.7 Å². The van der Waals surface area contributed by atoms with Crippen molar-refractivity contribution in [3.8, 4) is 11.3 Å². The Kier molecular flexibility index (Phi) is 6.25. The first-order valence-corrected chi connectivity index (χ1v) is 12.0. The summed E-state index contributed by atoms with van der Waals surface area (Å²) >= 11 is 1.91. The number of aryl methyl sites for hydroxylation is 2. The Bertz CT molecular complexity index is 1170. The monoisotopic (exact) mass is 450 g/mol. The Morgan fingerprint density at radius 1 is 1.09 bits per heavy atom. The van der Waals surface area contributed by atoms with Crippen molar-refractivity contribution in [3.05, 3.63) is 66.4 Å². The summed E-state index contributed by atoms with van der Waals surface area (Å²) in [5.41, 5.74) is 4.21. The number of thioether (sulfide) groups is 1. The van der Waals surface area contributed by atoms with Gasteiger partial charge in [-0.1, -0.05) is 12.1 Å². The predicted octanol–water partition coefficient (Wildman–Crippen LogP) is 4.88. The zero-order valence-corrected chi connectivity index (χ0v) is 18.9. The van der Waals surface area contributed by atoms with Crippen molar-refractivity contribution < 1.29 is 13.9 Å². The van der Waals surface area contributed by atoms with Gasteiger partial charge in [0, 0.05) is 35.2 Å². The summed E-state index contributed by atoms with van der Waals surface area (Å²) in [5.74, 6) is 2.73. The highest BCUT2D eigenvalue weighted by molar-refractivity contribution is 7.99. The second kappa shape index (κ2) is 9.44. The van der Waals surface area contributed by atoms with Crippen LogP contribution in [0.15, 0.2) is 53.4 Å². The Morgan fingerprint density at radius 3 is 2.84 bits per heavy atom. The summed E-state index contributed by atoms with van der Waals surface area (Å²) in [5, 5.41) is 1.14. The number of rotatable bonds is 9. The number of hydrogen-bond acceptors (Lipinski definition) is 7. The maximum absolute atomic E-state index is 5.83. The van der Waals surface area contributed by atoms with Crippen molar-refractivity contribution in [1.82, 2.24) is 19.9 Å². The number of hydrogen-bond donors (Lipinski definition) is 1. The summed E-state index contributed by atoms with van der Waals surface area (Å²) in [6, 6.07) is 10.5. The van der Waals surface area contributed by atoms with E-state index in [1.54, 1.807) is 12.5 Å². The lowest BCUT2D eigenvalue weighted by atomic mass is 10.1. The fourth-order valence-corrected chi connectivity index (χ4v) is 4.84. The Hall–Kier alpha value is -2.68. The van der Waals surface area contributed by atoms with E-state index in [4.69, 9.17) is 13.9 Å². The highest BCUT2D eigenvalue weighted by Gasteiger charge is 2.42. The van der Waals surface area contributed by atoms with Crippen LogP contribution in [0.4, 0.5) is 0 Å². The molecule has 0 amide bonds. The van der Waals surface area contributed by atoms with Crippen LogP contribution in [0, 0.1) is 6.92 Å². The standard InChI is InChI=1S/C24H26N4O3S/c1-17-3-4-18-15-19(5-6-20(18)27-17)21-16-26-22(28-21)7-14-32-13-2-8-24(30-11-12-31-24)23-25-9-10-29-23/h3-6,9-10,15-16H,2,7-8,11-14H2,1H3,(H,26,28). The van der Waals surface area contributed by atoms with Crippen molar-refractivity contribution in [2.75, 3.05) is 24.7 Å². The molecule has 0 unspecified atom stereocenters. The van der Waals surface area contributed by atoms with Crippen LogP contribution < -0.4 is 0 Å². The number of nitrogens with one attached hydrogen (secondary N) is 1. The van der Waals surface area contributed by atoms with Gasteiger partial charge in [0.1, 0.15) is 12.1 Å². The van der Waals surface area contributed by atoms with E-state index < -0.39 is 5.79 Å². The fraction of sp³-hybridized carbons (Fsp3) is 0.375. The van der Waals surface area contributed by atoms with Crippen LogP contribution in [0.1, 0.15) is 30.3 Å². The van der Waals surface area contributed by atoms with E-state index in [-0.39, 0.29) is 0 Å². The number of nitrogens with zero attached hydrogens (tertiary/aromatic N) is 3. The van der Waals surface area contributed by atoms with Gasteiger partial charge < -0.3 is 18.9 Å². The van der Waals surface area contributed by atoms with E-state index in [2.05, 4.69) is 44.2 Å². The molecule has 5 rings (SSSR count). The molecule has 0 saturated carbocycles. The molecule has 0 spiro atoms. The van der Waals surface area contributed by atoms with Gasteiger partial charge in [0.05, 0.1) is 36.8 Å². The maximum Gasteiger partial charge on any atom is 0.255 e. The van der Waals surface area contributed by atoms with Gasteiger partial charge in [-0.2, -0.15) is 11.8 Å². The number of fused-ring (bicyclic) bond motifs is 1. The summed E-state index contributed by atoms with van der Waals surface area (Å²) in [4.78, 5) is 16.8. The molecule has 8 heteroatoms. The molecule has 1 aliphatic rings. The van der Waals surface area contributed by atoms with Crippen LogP contribution in [0.2, 0.25) is 0 Å². The molecular weight excluding hydrogens is 424 g/mol. The molecule has 166 valence electrons. The van der Waals surface area contributed by atoms with Gasteiger partial charge in [-0.25, -0.2) is 9.97 Å². The Labute approximate surface area is 191 Å². The Balaban J connectivity index is 1.10. The molecule has 0 aliphatic carbocycles. The zero-order chi connectivity index (χ0) is 21.8. The van der Waals surface area contributed by atoms with Gasteiger partial charge in [0.25, 0.3) is 5.89 Å². The van der Waals surface area contributed by atoms with Crippen LogP contribution in [0.25, 0.3) is 22.2 Å². The van der Waals surface area contributed by atoms with Gasteiger partial charge in [0.15, 0.2) is 0 Å². The van der Waals surface area contributed by atoms with Crippen molar-refractivity contribution in [2.24, 2.45) is 0 Å². The molecule has 4 aromatic rings. The first-order chi connectivity index (χ1) is 15.7. The van der Waals surface area contributed by atoms with Gasteiger partial charge >= 0.3 is 0 Å². The molecular formula is C24H26N4O3S. The van der Waals surface area contributed by atoms with E-state index >= 15 is 0 Å². The average molecular weight is 451 g/mol. The molecule has 1 fully saturated rings. The molecule has 7 nitrogen and oxygen atoms in total. The summed E-state index contributed by atoms with van der Waals surface area (Å²) in [6.45, 7) is 3.16. The van der Waals surface area contributed by atoms with Crippen molar-refractivity contribution in [2.45, 2.75) is 32.0 Å². The van der Waals surface area contributed by atoms with Gasteiger partial charge in [-0.3, -0.25) is 4.98 Å². The second-order valence-corrected chi connectivity index (χ2v) is 9.08. The minimum absolute atomic E-state index is 0.516. The van der Waals surface area contributed by atoms with Gasteiger partial charge in [0.2, 0.25) is 5.79 Å². The molecule has 32 heavy (non-hydrogen) atoms. The molecule has 1 aromatic carbocycles. The van der Waals surface area contributed by atoms with E-state index in [0.717, 1.165) is 64.4 Å². The maximum atomic E-state index is 5.83. The molecule has 4 heterocycles. The van der Waals surface area contributed by atoms with Crippen molar-refractivity contribution in [3.63, 3.8) is 0 Å². The summed E-state index contributed by atoms with van der Waals surface area (Å²) < 4.78 is 17.1. The molecule has 3 aromatic heterocycles. The van der Waals surface area contributed by atoms with Crippen LogP contribution in [-0.2, 0) is 21.7 Å². The molecule has 1 saturated heterocycles. The molecule has 0 radical (unpaired) electrons. The SMILES string of the molecule is Cc1ccc2cc(-c3cnc(CCSCCCC4(c5ncco5)OCCO4)[nH]3)ccc2n1. The van der Waals surface area contributed by atoms with Crippen LogP contribution in [0.5, 0.6) is 0 Å². The fourth-order valence-electron chi connectivity index (χ4n) is 3.95. The number of oxazole rings is 1. The first-order valence-electron chi connectivity index (χ1n) is 10.9. The molecule has 0 bridgehead atoms. The van der Waals surface area contributed by atoms with Gasteiger partial charge in [-0.05, 0) is 37.3 Å². The third kappa shape index (κ3) is 4.57. The van der Waals surface area contributed by atoms with Gasteiger partial charge in [-0.15, -0.1) is 0 Å². The number of H-pyrrole nitrogens is 1. The van der Waals surface area contributed by atoms with E-state index in [1.807, 2.05) is 30.9 Å². The van der Waals surface area contributed by atoms with Crippen LogP contribution in [0.3, 0.4) is 0 Å². The number of imidazole rings is 1. The summed E-state index contributed by atoms with van der Waals surface area (Å²) in [6.07, 6.45) is 7.70. The summed E-state index contributed by atoms with van der Waals surface area (Å²) in [7, 11) is 0. The van der Waals surface area contributed by atoms with E-state index in [1.165, 1.54) is 0 Å². The normalized spacial score (nSPS) is 15.5. The number of ether oxygens (including phenoxy) is 2. The van der Waals surface area contributed by atoms with E-state index in [9.17, 15) is 0 Å². The number of benzene rings is 1. The highest BCUT2D eigenvalue weighted by Crippen LogP contribution is 2.35. The topological polar surface area (TPSA) is 86.1 Å². The number of pyridine rings is 1.